The minimum Gasteiger partial charge on any atom is -0.330 e. The lowest BCUT2D eigenvalue weighted by Gasteiger charge is -2.28. The van der Waals surface area contributed by atoms with E-state index in [2.05, 4.69) is 22.8 Å². The first kappa shape index (κ1) is 14.5. The zero-order chi connectivity index (χ0) is 14.7. The summed E-state index contributed by atoms with van der Waals surface area (Å²) in [5.41, 5.74) is 6.75. The van der Waals surface area contributed by atoms with Crippen molar-refractivity contribution in [3.63, 3.8) is 0 Å². The zero-order valence-electron chi connectivity index (χ0n) is 12.2. The lowest BCUT2D eigenvalue weighted by Crippen LogP contribution is -2.36. The quantitative estimate of drug-likeness (QED) is 0.897. The van der Waals surface area contributed by atoms with Gasteiger partial charge in [0.15, 0.2) is 0 Å². The molecule has 112 valence electrons. The predicted octanol–water partition coefficient (Wildman–Crippen LogP) is 4.00. The van der Waals surface area contributed by atoms with Crippen molar-refractivity contribution in [2.24, 2.45) is 17.6 Å². The maximum atomic E-state index is 12.5. The third-order valence-corrected chi connectivity index (χ3v) is 5.41. The molecule has 1 amide bonds. The summed E-state index contributed by atoms with van der Waals surface area (Å²) in [5, 5.41) is 6.35. The maximum Gasteiger partial charge on any atom is 0.229 e. The standard InChI is InChI=1S/C17H22N2OS/c18-11-15(12-4-2-1-3-5-12)17(20)19-14-7-6-13-8-9-21-16(13)10-14/h6-10,12,15H,1-5,11,18H2,(H,19,20). The van der Waals surface area contributed by atoms with Gasteiger partial charge in [-0.3, -0.25) is 4.79 Å². The normalized spacial score (nSPS) is 17.8. The number of thiophene rings is 1. The number of nitrogens with one attached hydrogen (secondary N) is 1. The first-order valence-electron chi connectivity index (χ1n) is 7.76. The van der Waals surface area contributed by atoms with Crippen LogP contribution in [0.4, 0.5) is 5.69 Å². The second-order valence-electron chi connectivity index (χ2n) is 5.90. The fourth-order valence-corrected chi connectivity index (χ4v) is 4.15. The summed E-state index contributed by atoms with van der Waals surface area (Å²) < 4.78 is 1.20. The largest absolute Gasteiger partial charge is 0.330 e. The highest BCUT2D eigenvalue weighted by molar-refractivity contribution is 7.17. The summed E-state index contributed by atoms with van der Waals surface area (Å²) in [6, 6.07) is 8.17. The Kier molecular flexibility index (Phi) is 4.56. The van der Waals surface area contributed by atoms with Crippen molar-refractivity contribution in [2.75, 3.05) is 11.9 Å². The van der Waals surface area contributed by atoms with Gasteiger partial charge in [-0.2, -0.15) is 0 Å². The van der Waals surface area contributed by atoms with Crippen LogP contribution in [0.5, 0.6) is 0 Å². The highest BCUT2D eigenvalue weighted by atomic mass is 32.1. The van der Waals surface area contributed by atoms with Gasteiger partial charge < -0.3 is 11.1 Å². The van der Waals surface area contributed by atoms with E-state index in [1.54, 1.807) is 11.3 Å². The van der Waals surface area contributed by atoms with Crippen LogP contribution in [0.15, 0.2) is 29.6 Å². The highest BCUT2D eigenvalue weighted by Gasteiger charge is 2.28. The van der Waals surface area contributed by atoms with Gasteiger partial charge in [0, 0.05) is 16.9 Å². The minimum atomic E-state index is -0.0515. The molecule has 3 nitrogen and oxygen atoms in total. The number of nitrogens with two attached hydrogens (primary N) is 1. The van der Waals surface area contributed by atoms with Gasteiger partial charge in [0.25, 0.3) is 0 Å². The van der Waals surface area contributed by atoms with Crippen LogP contribution in [0.1, 0.15) is 32.1 Å². The number of carbonyl (C=O) groups excluding carboxylic acids is 1. The SMILES string of the molecule is NCC(C(=O)Nc1ccc2ccsc2c1)C1CCCCC1. The average molecular weight is 302 g/mol. The van der Waals surface area contributed by atoms with Gasteiger partial charge in [-0.05, 0) is 47.7 Å². The summed E-state index contributed by atoms with van der Waals surface area (Å²) in [5.74, 6) is 0.485. The van der Waals surface area contributed by atoms with Crippen molar-refractivity contribution in [1.29, 1.82) is 0 Å². The molecule has 1 heterocycles. The summed E-state index contributed by atoms with van der Waals surface area (Å²) >= 11 is 1.69. The van der Waals surface area contributed by atoms with Crippen LogP contribution in [0, 0.1) is 11.8 Å². The molecule has 1 atom stereocenters. The Balaban J connectivity index is 1.70. The third-order valence-electron chi connectivity index (χ3n) is 4.53. The Morgan fingerprint density at radius 2 is 2.10 bits per heavy atom. The first-order chi connectivity index (χ1) is 10.3. The van der Waals surface area contributed by atoms with E-state index in [4.69, 9.17) is 5.73 Å². The van der Waals surface area contributed by atoms with Crippen LogP contribution < -0.4 is 11.1 Å². The maximum absolute atomic E-state index is 12.5. The van der Waals surface area contributed by atoms with Crippen molar-refractivity contribution in [3.8, 4) is 0 Å². The molecule has 1 saturated carbocycles. The molecule has 1 aromatic carbocycles. The number of rotatable bonds is 4. The molecular formula is C17H22N2OS. The molecule has 0 bridgehead atoms. The first-order valence-corrected chi connectivity index (χ1v) is 8.64. The smallest absolute Gasteiger partial charge is 0.229 e. The molecule has 0 spiro atoms. The fourth-order valence-electron chi connectivity index (χ4n) is 3.32. The summed E-state index contributed by atoms with van der Waals surface area (Å²) in [7, 11) is 0. The molecule has 3 N–H and O–H groups in total. The van der Waals surface area contributed by atoms with E-state index in [1.807, 2.05) is 12.1 Å². The van der Waals surface area contributed by atoms with Crippen LogP contribution in [-0.2, 0) is 4.79 Å². The van der Waals surface area contributed by atoms with E-state index in [0.717, 1.165) is 18.5 Å². The molecule has 0 radical (unpaired) electrons. The topological polar surface area (TPSA) is 55.1 Å². The van der Waals surface area contributed by atoms with E-state index in [9.17, 15) is 4.79 Å². The van der Waals surface area contributed by atoms with Crippen LogP contribution >= 0.6 is 11.3 Å². The molecule has 1 aliphatic rings. The van der Waals surface area contributed by atoms with Crippen molar-refractivity contribution >= 4 is 33.0 Å². The number of fused-ring (bicyclic) bond motifs is 1. The van der Waals surface area contributed by atoms with E-state index in [-0.39, 0.29) is 11.8 Å². The fraction of sp³-hybridized carbons (Fsp3) is 0.471. The van der Waals surface area contributed by atoms with E-state index >= 15 is 0 Å². The molecular weight excluding hydrogens is 280 g/mol. The molecule has 1 aliphatic carbocycles. The Morgan fingerprint density at radius 3 is 2.86 bits per heavy atom. The van der Waals surface area contributed by atoms with Gasteiger partial charge in [0.1, 0.15) is 0 Å². The Hall–Kier alpha value is -1.39. The van der Waals surface area contributed by atoms with E-state index in [0.29, 0.717) is 12.5 Å². The second-order valence-corrected chi connectivity index (χ2v) is 6.85. The number of amides is 1. The molecule has 3 rings (SSSR count). The van der Waals surface area contributed by atoms with Crippen LogP contribution in [-0.4, -0.2) is 12.5 Å². The number of hydrogen-bond donors (Lipinski definition) is 2. The average Bonchev–Trinajstić information content (AvgIpc) is 2.96. The van der Waals surface area contributed by atoms with Gasteiger partial charge >= 0.3 is 0 Å². The lowest BCUT2D eigenvalue weighted by atomic mass is 9.79. The molecule has 4 heteroatoms. The van der Waals surface area contributed by atoms with Crippen LogP contribution in [0.25, 0.3) is 10.1 Å². The predicted molar refractivity (Wildman–Crippen MR) is 89.6 cm³/mol. The van der Waals surface area contributed by atoms with Gasteiger partial charge in [0.05, 0.1) is 5.92 Å². The number of hydrogen-bond acceptors (Lipinski definition) is 3. The van der Waals surface area contributed by atoms with Crippen molar-refractivity contribution < 1.29 is 4.79 Å². The monoisotopic (exact) mass is 302 g/mol. The van der Waals surface area contributed by atoms with Gasteiger partial charge in [-0.15, -0.1) is 11.3 Å². The molecule has 1 unspecified atom stereocenters. The Bertz CT molecular complexity index is 616. The summed E-state index contributed by atoms with van der Waals surface area (Å²) in [6.07, 6.45) is 6.04. The second kappa shape index (κ2) is 6.58. The van der Waals surface area contributed by atoms with Gasteiger partial charge in [0.2, 0.25) is 5.91 Å². The van der Waals surface area contributed by atoms with Crippen molar-refractivity contribution in [2.45, 2.75) is 32.1 Å². The number of carbonyl (C=O) groups is 1. The molecule has 21 heavy (non-hydrogen) atoms. The lowest BCUT2D eigenvalue weighted by molar-refractivity contribution is -0.121. The minimum absolute atomic E-state index is 0.0515. The van der Waals surface area contributed by atoms with E-state index in [1.165, 1.54) is 29.3 Å². The van der Waals surface area contributed by atoms with E-state index < -0.39 is 0 Å². The number of anilines is 1. The molecule has 0 saturated heterocycles. The Labute approximate surface area is 129 Å². The van der Waals surface area contributed by atoms with Gasteiger partial charge in [-0.25, -0.2) is 0 Å². The Morgan fingerprint density at radius 1 is 1.29 bits per heavy atom. The highest BCUT2D eigenvalue weighted by Crippen LogP contribution is 2.31. The number of benzene rings is 1. The van der Waals surface area contributed by atoms with Crippen molar-refractivity contribution in [3.05, 3.63) is 29.6 Å². The molecule has 1 aromatic heterocycles. The van der Waals surface area contributed by atoms with Gasteiger partial charge in [-0.1, -0.05) is 25.3 Å². The van der Waals surface area contributed by atoms with Crippen molar-refractivity contribution in [1.82, 2.24) is 0 Å². The summed E-state index contributed by atoms with van der Waals surface area (Å²) in [4.78, 5) is 12.5. The van der Waals surface area contributed by atoms with Crippen LogP contribution in [0.3, 0.4) is 0 Å². The molecule has 2 aromatic rings. The third kappa shape index (κ3) is 3.27. The molecule has 1 fully saturated rings. The zero-order valence-corrected chi connectivity index (χ0v) is 13.0. The van der Waals surface area contributed by atoms with Crippen LogP contribution in [0.2, 0.25) is 0 Å². The molecule has 0 aliphatic heterocycles. The summed E-state index contributed by atoms with van der Waals surface area (Å²) in [6.45, 7) is 0.442.